The predicted octanol–water partition coefficient (Wildman–Crippen LogP) is 1.89. The molecule has 0 bridgehead atoms. The molecule has 1 unspecified atom stereocenters. The summed E-state index contributed by atoms with van der Waals surface area (Å²) in [6, 6.07) is 13.6. The zero-order valence-electron chi connectivity index (χ0n) is 12.6. The number of rotatable bonds is 3. The number of fused-ring (bicyclic) bond motifs is 3. The lowest BCUT2D eigenvalue weighted by Gasteiger charge is -2.31. The third kappa shape index (κ3) is 2.64. The van der Waals surface area contributed by atoms with Crippen molar-refractivity contribution < 1.29 is 14.3 Å². The molecule has 5 nitrogen and oxygen atoms in total. The maximum atomic E-state index is 11.6. The van der Waals surface area contributed by atoms with Crippen molar-refractivity contribution in [1.29, 1.82) is 0 Å². The van der Waals surface area contributed by atoms with E-state index >= 15 is 0 Å². The van der Waals surface area contributed by atoms with E-state index < -0.39 is 0 Å². The van der Waals surface area contributed by atoms with Gasteiger partial charge in [-0.3, -0.25) is 4.79 Å². The van der Waals surface area contributed by atoms with Crippen molar-refractivity contribution in [1.82, 2.24) is 0 Å². The molecule has 23 heavy (non-hydrogen) atoms. The molecule has 0 saturated carbocycles. The molecule has 0 fully saturated rings. The number of carbonyl (C=O) groups is 1. The summed E-state index contributed by atoms with van der Waals surface area (Å²) < 4.78 is 11.9. The molecule has 2 aromatic rings. The molecule has 0 aromatic heterocycles. The number of hydrogen-bond donors (Lipinski definition) is 2. The van der Waals surface area contributed by atoms with E-state index in [0.717, 1.165) is 17.7 Å². The summed E-state index contributed by atoms with van der Waals surface area (Å²) >= 11 is 0. The second-order valence-electron chi connectivity index (χ2n) is 5.96. The van der Waals surface area contributed by atoms with Gasteiger partial charge in [-0.1, -0.05) is 30.3 Å². The van der Waals surface area contributed by atoms with Gasteiger partial charge >= 0.3 is 0 Å². The second-order valence-corrected chi connectivity index (χ2v) is 5.96. The minimum Gasteiger partial charge on any atom is -0.486 e. The van der Waals surface area contributed by atoms with Gasteiger partial charge in [-0.25, -0.2) is 0 Å². The van der Waals surface area contributed by atoms with Crippen LogP contribution in [0.1, 0.15) is 11.1 Å². The summed E-state index contributed by atoms with van der Waals surface area (Å²) in [4.78, 5) is 11.6. The first-order chi connectivity index (χ1) is 11.2. The van der Waals surface area contributed by atoms with Crippen molar-refractivity contribution in [3.05, 3.63) is 53.6 Å². The monoisotopic (exact) mass is 310 g/mol. The fourth-order valence-electron chi connectivity index (χ4n) is 3.08. The van der Waals surface area contributed by atoms with E-state index in [1.165, 1.54) is 5.56 Å². The number of carbonyl (C=O) groups excluding carboxylic acids is 1. The van der Waals surface area contributed by atoms with Crippen LogP contribution in [0, 0.1) is 0 Å². The minimum absolute atomic E-state index is 0.0206. The van der Waals surface area contributed by atoms with Gasteiger partial charge in [0.25, 0.3) is 0 Å². The van der Waals surface area contributed by atoms with E-state index in [4.69, 9.17) is 15.2 Å². The lowest BCUT2D eigenvalue weighted by atomic mass is 10.0. The van der Waals surface area contributed by atoms with Gasteiger partial charge in [-0.15, -0.1) is 0 Å². The second kappa shape index (κ2) is 5.59. The highest BCUT2D eigenvalue weighted by atomic mass is 16.6. The number of ether oxygens (including phenoxy) is 2. The molecule has 0 spiro atoms. The number of amides is 1. The average molecular weight is 310 g/mol. The van der Waals surface area contributed by atoms with Crippen LogP contribution in [0.15, 0.2) is 42.5 Å². The Labute approximate surface area is 134 Å². The fraction of sp³-hybridized carbons (Fsp3) is 0.278. The molecule has 2 aromatic carbocycles. The van der Waals surface area contributed by atoms with Crippen molar-refractivity contribution in [3.8, 4) is 11.5 Å². The summed E-state index contributed by atoms with van der Waals surface area (Å²) in [5.41, 5.74) is 9.16. The minimum atomic E-state index is -0.232. The van der Waals surface area contributed by atoms with E-state index in [1.807, 2.05) is 30.3 Å². The van der Waals surface area contributed by atoms with Gasteiger partial charge < -0.3 is 20.5 Å². The van der Waals surface area contributed by atoms with Crippen LogP contribution < -0.4 is 20.5 Å². The Hall–Kier alpha value is -2.53. The zero-order chi connectivity index (χ0) is 15.8. The Kier molecular flexibility index (Phi) is 3.42. The molecule has 5 heteroatoms. The van der Waals surface area contributed by atoms with Crippen LogP contribution in [0.4, 0.5) is 5.69 Å². The van der Waals surface area contributed by atoms with Gasteiger partial charge in [0.05, 0.1) is 6.42 Å². The Morgan fingerprint density at radius 2 is 2.04 bits per heavy atom. The number of benzene rings is 2. The quantitative estimate of drug-likeness (QED) is 0.908. The highest BCUT2D eigenvalue weighted by Gasteiger charge is 2.32. The third-order valence-corrected chi connectivity index (χ3v) is 4.30. The molecular formula is C18H18N2O3. The van der Waals surface area contributed by atoms with Crippen molar-refractivity contribution in [3.63, 3.8) is 0 Å². The average Bonchev–Trinajstić information content (AvgIpc) is 2.96. The predicted molar refractivity (Wildman–Crippen MR) is 86.8 cm³/mol. The lowest BCUT2D eigenvalue weighted by molar-refractivity contribution is -0.115. The molecule has 2 heterocycles. The first-order valence-corrected chi connectivity index (χ1v) is 7.75. The lowest BCUT2D eigenvalue weighted by Crippen LogP contribution is -2.46. The van der Waals surface area contributed by atoms with Crippen molar-refractivity contribution in [2.45, 2.75) is 25.0 Å². The van der Waals surface area contributed by atoms with Crippen LogP contribution in [0.3, 0.4) is 0 Å². The highest BCUT2D eigenvalue weighted by Crippen LogP contribution is 2.42. The topological polar surface area (TPSA) is 73.6 Å². The largest absolute Gasteiger partial charge is 0.486 e. The molecule has 2 aliphatic rings. The van der Waals surface area contributed by atoms with Crippen molar-refractivity contribution in [2.24, 2.45) is 5.73 Å². The normalized spacial score (nSPS) is 19.9. The maximum absolute atomic E-state index is 11.6. The van der Waals surface area contributed by atoms with Crippen LogP contribution in [0.2, 0.25) is 0 Å². The smallest absolute Gasteiger partial charge is 0.229 e. The molecule has 118 valence electrons. The summed E-state index contributed by atoms with van der Waals surface area (Å²) in [7, 11) is 0. The number of anilines is 1. The number of nitrogens with two attached hydrogens (primary N) is 1. The van der Waals surface area contributed by atoms with Gasteiger partial charge in [-0.05, 0) is 24.1 Å². The van der Waals surface area contributed by atoms with E-state index in [1.54, 1.807) is 0 Å². The van der Waals surface area contributed by atoms with Gasteiger partial charge in [-0.2, -0.15) is 0 Å². The third-order valence-electron chi connectivity index (χ3n) is 4.30. The standard InChI is InChI=1S/C18H18N2O3/c19-13(8-11-4-2-1-3-5-11)16-10-22-15-7-6-14-12(18(15)23-16)9-17(21)20-14/h1-7,13,16H,8-10,19H2,(H,20,21)/t13?,16-/m1/s1. The van der Waals surface area contributed by atoms with Gasteiger partial charge in [0.2, 0.25) is 5.91 Å². The molecule has 0 aliphatic carbocycles. The first-order valence-electron chi connectivity index (χ1n) is 7.75. The van der Waals surface area contributed by atoms with Gasteiger partial charge in [0, 0.05) is 17.3 Å². The summed E-state index contributed by atoms with van der Waals surface area (Å²) in [5.74, 6) is 1.32. The SMILES string of the molecule is NC(Cc1ccccc1)[C@H]1COc2ccc3c(c2O1)CC(=O)N3. The van der Waals surface area contributed by atoms with E-state index in [0.29, 0.717) is 24.5 Å². The van der Waals surface area contributed by atoms with Crippen LogP contribution in [0.5, 0.6) is 11.5 Å². The molecule has 3 N–H and O–H groups in total. The van der Waals surface area contributed by atoms with Crippen molar-refractivity contribution >= 4 is 11.6 Å². The van der Waals surface area contributed by atoms with Crippen molar-refractivity contribution in [2.75, 3.05) is 11.9 Å². The zero-order valence-corrected chi connectivity index (χ0v) is 12.6. The maximum Gasteiger partial charge on any atom is 0.229 e. The van der Waals surface area contributed by atoms with E-state index in [9.17, 15) is 4.79 Å². The summed E-state index contributed by atoms with van der Waals surface area (Å²) in [6.07, 6.45) is 0.809. The Bertz CT molecular complexity index is 745. The summed E-state index contributed by atoms with van der Waals surface area (Å²) in [5, 5.41) is 2.83. The van der Waals surface area contributed by atoms with E-state index in [2.05, 4.69) is 17.4 Å². The van der Waals surface area contributed by atoms with Crippen LogP contribution in [0.25, 0.3) is 0 Å². The molecule has 0 saturated heterocycles. The van der Waals surface area contributed by atoms with Crippen LogP contribution >= 0.6 is 0 Å². The Morgan fingerprint density at radius 1 is 1.22 bits per heavy atom. The van der Waals surface area contributed by atoms with Gasteiger partial charge in [0.1, 0.15) is 12.7 Å². The molecular weight excluding hydrogens is 292 g/mol. The molecule has 2 aliphatic heterocycles. The number of hydrogen-bond acceptors (Lipinski definition) is 4. The molecule has 0 radical (unpaired) electrons. The molecule has 4 rings (SSSR count). The first kappa shape index (κ1) is 14.1. The summed E-state index contributed by atoms with van der Waals surface area (Å²) in [6.45, 7) is 0.418. The number of nitrogens with one attached hydrogen (secondary N) is 1. The highest BCUT2D eigenvalue weighted by molar-refractivity contribution is 6.00. The van der Waals surface area contributed by atoms with Crippen LogP contribution in [-0.4, -0.2) is 24.7 Å². The Balaban J connectivity index is 1.54. The molecule has 2 atom stereocenters. The van der Waals surface area contributed by atoms with Crippen LogP contribution in [-0.2, 0) is 17.6 Å². The fourth-order valence-corrected chi connectivity index (χ4v) is 3.08. The van der Waals surface area contributed by atoms with Gasteiger partial charge in [0.15, 0.2) is 11.5 Å². The Morgan fingerprint density at radius 3 is 2.87 bits per heavy atom. The molecule has 1 amide bonds. The van der Waals surface area contributed by atoms with E-state index in [-0.39, 0.29) is 18.1 Å².